The van der Waals surface area contributed by atoms with Gasteiger partial charge in [0.2, 0.25) is 5.82 Å². The van der Waals surface area contributed by atoms with Crippen molar-refractivity contribution in [3.05, 3.63) is 101 Å². The Balaban J connectivity index is 1.49. The van der Waals surface area contributed by atoms with Gasteiger partial charge in [-0.3, -0.25) is 4.90 Å². The second-order valence-corrected chi connectivity index (χ2v) is 9.23. The van der Waals surface area contributed by atoms with E-state index in [4.69, 9.17) is 9.26 Å². The molecule has 8 heteroatoms. The molecule has 1 aromatic heterocycles. The number of nitrogens with zero attached hydrogens (tertiary/aromatic N) is 3. The van der Waals surface area contributed by atoms with E-state index in [-0.39, 0.29) is 23.6 Å². The summed E-state index contributed by atoms with van der Waals surface area (Å²) in [4.78, 5) is 19.8. The number of rotatable bonds is 5. The number of hydrogen-bond donors (Lipinski definition) is 1. The summed E-state index contributed by atoms with van der Waals surface area (Å²) in [5.41, 5.74) is 6.01. The molecule has 37 heavy (non-hydrogen) atoms. The first-order valence-electron chi connectivity index (χ1n) is 12.2. The van der Waals surface area contributed by atoms with Gasteiger partial charge in [-0.2, -0.15) is 4.98 Å². The Morgan fingerprint density at radius 3 is 2.73 bits per heavy atom. The predicted molar refractivity (Wildman–Crippen MR) is 137 cm³/mol. The molecule has 3 aromatic carbocycles. The molecule has 186 valence electrons. The van der Waals surface area contributed by atoms with Crippen molar-refractivity contribution in [1.29, 1.82) is 0 Å². The van der Waals surface area contributed by atoms with Crippen molar-refractivity contribution in [3.8, 4) is 17.1 Å². The molecule has 2 heterocycles. The number of hydrogen-bond acceptors (Lipinski definition) is 5. The van der Waals surface area contributed by atoms with Gasteiger partial charge in [-0.05, 0) is 79.3 Å². The largest absolute Gasteiger partial charge is 0.497 e. The van der Waals surface area contributed by atoms with Crippen LogP contribution in [0, 0.1) is 5.82 Å². The number of urea groups is 1. The molecule has 1 atom stereocenters. The maximum absolute atomic E-state index is 13.8. The first-order chi connectivity index (χ1) is 18.0. The molecule has 0 fully saturated rings. The lowest BCUT2D eigenvalue weighted by Gasteiger charge is -2.35. The fourth-order valence-corrected chi connectivity index (χ4v) is 5.18. The highest BCUT2D eigenvalue weighted by Gasteiger charge is 2.37. The molecular weight excluding hydrogens is 471 g/mol. The van der Waals surface area contributed by atoms with Gasteiger partial charge in [-0.1, -0.05) is 35.5 Å². The molecule has 0 radical (unpaired) electrons. The Morgan fingerprint density at radius 2 is 1.89 bits per heavy atom. The lowest BCUT2D eigenvalue weighted by atomic mass is 9.94. The highest BCUT2D eigenvalue weighted by molar-refractivity contribution is 6.01. The standard InChI is InChI=1S/C29H25FN4O3/c1-17-25(28-32-27(33-37-28)21-9-4-10-22(30)14-21)26(20-8-5-11-24(16-20)36-2)31-29(35)34(17)23-13-12-18-6-3-7-19(18)15-23/h4-5,8-16,26H,3,6-7H2,1-2H3,(H,31,35). The third-order valence-electron chi connectivity index (χ3n) is 6.99. The number of carbonyl (C=O) groups is 1. The van der Waals surface area contributed by atoms with E-state index in [1.807, 2.05) is 37.3 Å². The van der Waals surface area contributed by atoms with Crippen molar-refractivity contribution in [2.24, 2.45) is 0 Å². The molecule has 0 saturated carbocycles. The molecule has 0 bridgehead atoms. The van der Waals surface area contributed by atoms with Crippen molar-refractivity contribution >= 4 is 17.3 Å². The molecule has 2 aliphatic rings. The molecule has 1 unspecified atom stereocenters. The smallest absolute Gasteiger partial charge is 0.326 e. The van der Waals surface area contributed by atoms with E-state index in [1.165, 1.54) is 23.3 Å². The lowest BCUT2D eigenvalue weighted by molar-refractivity contribution is 0.244. The van der Waals surface area contributed by atoms with Gasteiger partial charge in [0.1, 0.15) is 11.6 Å². The number of aryl methyl sites for hydroxylation is 2. The number of aromatic nitrogens is 2. The summed E-state index contributed by atoms with van der Waals surface area (Å²) in [6.45, 7) is 1.88. The van der Waals surface area contributed by atoms with E-state index in [1.54, 1.807) is 24.1 Å². The van der Waals surface area contributed by atoms with Crippen LogP contribution in [0.3, 0.4) is 0 Å². The van der Waals surface area contributed by atoms with E-state index < -0.39 is 6.04 Å². The first-order valence-corrected chi connectivity index (χ1v) is 12.2. The molecule has 2 amide bonds. The van der Waals surface area contributed by atoms with Gasteiger partial charge in [-0.25, -0.2) is 9.18 Å². The molecule has 7 nitrogen and oxygen atoms in total. The maximum Gasteiger partial charge on any atom is 0.326 e. The molecule has 6 rings (SSSR count). The van der Waals surface area contributed by atoms with E-state index in [0.717, 1.165) is 30.5 Å². The van der Waals surface area contributed by atoms with Crippen molar-refractivity contribution < 1.29 is 18.4 Å². The van der Waals surface area contributed by atoms with Gasteiger partial charge in [0, 0.05) is 11.3 Å². The topological polar surface area (TPSA) is 80.5 Å². The van der Waals surface area contributed by atoms with Crippen LogP contribution in [0.5, 0.6) is 5.75 Å². The predicted octanol–water partition coefficient (Wildman–Crippen LogP) is 6.08. The van der Waals surface area contributed by atoms with Crippen LogP contribution in [0.1, 0.15) is 42.0 Å². The van der Waals surface area contributed by atoms with E-state index in [9.17, 15) is 9.18 Å². The highest BCUT2D eigenvalue weighted by atomic mass is 19.1. The van der Waals surface area contributed by atoms with E-state index >= 15 is 0 Å². The minimum absolute atomic E-state index is 0.246. The molecule has 1 aliphatic heterocycles. The molecule has 4 aromatic rings. The van der Waals surface area contributed by atoms with Gasteiger partial charge < -0.3 is 14.6 Å². The van der Waals surface area contributed by atoms with Crippen LogP contribution >= 0.6 is 0 Å². The minimum Gasteiger partial charge on any atom is -0.497 e. The Hall–Kier alpha value is -4.46. The zero-order valence-corrected chi connectivity index (χ0v) is 20.5. The van der Waals surface area contributed by atoms with Crippen LogP contribution in [0.2, 0.25) is 0 Å². The number of allylic oxidation sites excluding steroid dienone is 1. The Kier molecular flexibility index (Phi) is 5.71. The summed E-state index contributed by atoms with van der Waals surface area (Å²) in [6.07, 6.45) is 3.18. The maximum atomic E-state index is 13.8. The number of halogens is 1. The van der Waals surface area contributed by atoms with Gasteiger partial charge in [0.25, 0.3) is 5.89 Å². The summed E-state index contributed by atoms with van der Waals surface area (Å²) >= 11 is 0. The van der Waals surface area contributed by atoms with Gasteiger partial charge in [-0.15, -0.1) is 0 Å². The second-order valence-electron chi connectivity index (χ2n) is 9.23. The summed E-state index contributed by atoms with van der Waals surface area (Å²) in [5.74, 6) is 0.785. The van der Waals surface area contributed by atoms with Crippen LogP contribution in [-0.2, 0) is 12.8 Å². The third kappa shape index (κ3) is 4.14. The summed E-state index contributed by atoms with van der Waals surface area (Å²) < 4.78 is 25.0. The second kappa shape index (κ2) is 9.20. The van der Waals surface area contributed by atoms with Crippen LogP contribution in [0.25, 0.3) is 17.0 Å². The minimum atomic E-state index is -0.561. The molecular formula is C29H25FN4O3. The van der Waals surface area contributed by atoms with Crippen LogP contribution in [0.4, 0.5) is 14.9 Å². The quantitative estimate of drug-likeness (QED) is 0.362. The fourth-order valence-electron chi connectivity index (χ4n) is 5.18. The van der Waals surface area contributed by atoms with E-state index in [0.29, 0.717) is 22.6 Å². The first kappa shape index (κ1) is 23.0. The average Bonchev–Trinajstić information content (AvgIpc) is 3.58. The summed E-state index contributed by atoms with van der Waals surface area (Å²) in [6, 6.07) is 18.9. The molecule has 0 spiro atoms. The zero-order valence-electron chi connectivity index (χ0n) is 20.5. The van der Waals surface area contributed by atoms with Gasteiger partial charge in [0.15, 0.2) is 0 Å². The Labute approximate surface area is 213 Å². The summed E-state index contributed by atoms with van der Waals surface area (Å²) in [7, 11) is 1.60. The lowest BCUT2D eigenvalue weighted by Crippen LogP contribution is -2.46. The Morgan fingerprint density at radius 1 is 1.05 bits per heavy atom. The number of nitrogens with one attached hydrogen (secondary N) is 1. The van der Waals surface area contributed by atoms with Crippen LogP contribution < -0.4 is 15.0 Å². The number of carbonyl (C=O) groups excluding carboxylic acids is 1. The number of ether oxygens (including phenoxy) is 1. The zero-order chi connectivity index (χ0) is 25.5. The summed E-state index contributed by atoms with van der Waals surface area (Å²) in [5, 5.41) is 7.24. The number of benzene rings is 3. The monoisotopic (exact) mass is 496 g/mol. The number of fused-ring (bicyclic) bond motifs is 1. The number of anilines is 1. The molecule has 0 saturated heterocycles. The molecule has 1 N–H and O–H groups in total. The number of methoxy groups -OCH3 is 1. The highest BCUT2D eigenvalue weighted by Crippen LogP contribution is 2.40. The fraction of sp³-hybridized carbons (Fsp3) is 0.207. The number of amides is 2. The average molecular weight is 497 g/mol. The van der Waals surface area contributed by atoms with Crippen LogP contribution in [-0.4, -0.2) is 23.3 Å². The van der Waals surface area contributed by atoms with Gasteiger partial charge >= 0.3 is 6.03 Å². The van der Waals surface area contributed by atoms with Crippen molar-refractivity contribution in [2.75, 3.05) is 12.0 Å². The molecule has 1 aliphatic carbocycles. The van der Waals surface area contributed by atoms with Crippen molar-refractivity contribution in [1.82, 2.24) is 15.5 Å². The van der Waals surface area contributed by atoms with Gasteiger partial charge in [0.05, 0.1) is 24.4 Å². The van der Waals surface area contributed by atoms with E-state index in [2.05, 4.69) is 27.6 Å². The van der Waals surface area contributed by atoms with Crippen molar-refractivity contribution in [2.45, 2.75) is 32.2 Å². The Bertz CT molecular complexity index is 1540. The normalized spacial score (nSPS) is 17.1. The van der Waals surface area contributed by atoms with Crippen LogP contribution in [0.15, 0.2) is 77.0 Å². The van der Waals surface area contributed by atoms with Crippen molar-refractivity contribution in [3.63, 3.8) is 0 Å². The SMILES string of the molecule is COc1cccc(C2NC(=O)N(c3ccc4c(c3)CCC4)C(C)=C2c2nc(-c3cccc(F)c3)no2)c1. The third-order valence-corrected chi connectivity index (χ3v) is 6.99.